The molecule has 1 aromatic carbocycles. The van der Waals surface area contributed by atoms with Crippen molar-refractivity contribution in [3.63, 3.8) is 0 Å². The van der Waals surface area contributed by atoms with E-state index in [4.69, 9.17) is 4.42 Å². The van der Waals surface area contributed by atoms with Gasteiger partial charge >= 0.3 is 0 Å². The maximum Gasteiger partial charge on any atom is 0.291 e. The Hall–Kier alpha value is -2.93. The second-order valence-electron chi connectivity index (χ2n) is 8.02. The fourth-order valence-corrected chi connectivity index (χ4v) is 4.51. The van der Waals surface area contributed by atoms with Gasteiger partial charge in [-0.25, -0.2) is 4.98 Å². The van der Waals surface area contributed by atoms with Crippen molar-refractivity contribution >= 4 is 5.91 Å². The second-order valence-corrected chi connectivity index (χ2v) is 8.02. The number of carbonyl (C=O) groups is 1. The number of aromatic nitrogens is 3. The van der Waals surface area contributed by atoms with Crippen molar-refractivity contribution in [2.75, 3.05) is 19.6 Å². The van der Waals surface area contributed by atoms with E-state index in [0.717, 1.165) is 44.7 Å². The zero-order chi connectivity index (χ0) is 19.8. The Labute approximate surface area is 169 Å². The Bertz CT molecular complexity index is 1010. The molecular weight excluding hydrogens is 366 g/mol. The summed E-state index contributed by atoms with van der Waals surface area (Å²) in [5.41, 5.74) is 5.68. The lowest BCUT2D eigenvalue weighted by Gasteiger charge is -2.27. The predicted octanol–water partition coefficient (Wildman–Crippen LogP) is 2.89. The SMILES string of the molecule is Cc1ncoc1C(=O)N1CCC(c2n[nH]c3c2CN(Cc2ccccc2)CC3)C1. The summed E-state index contributed by atoms with van der Waals surface area (Å²) in [7, 11) is 0. The highest BCUT2D eigenvalue weighted by atomic mass is 16.3. The van der Waals surface area contributed by atoms with Gasteiger partial charge in [-0.1, -0.05) is 30.3 Å². The maximum atomic E-state index is 12.7. The van der Waals surface area contributed by atoms with Gasteiger partial charge in [0.15, 0.2) is 6.39 Å². The van der Waals surface area contributed by atoms with Gasteiger partial charge in [0.25, 0.3) is 5.91 Å². The summed E-state index contributed by atoms with van der Waals surface area (Å²) in [6.07, 6.45) is 3.25. The van der Waals surface area contributed by atoms with E-state index in [-0.39, 0.29) is 11.8 Å². The largest absolute Gasteiger partial charge is 0.438 e. The zero-order valence-electron chi connectivity index (χ0n) is 16.6. The molecule has 2 aromatic heterocycles. The minimum Gasteiger partial charge on any atom is -0.438 e. The summed E-state index contributed by atoms with van der Waals surface area (Å²) in [5, 5.41) is 7.93. The molecule has 4 heterocycles. The first-order valence-corrected chi connectivity index (χ1v) is 10.2. The van der Waals surface area contributed by atoms with Crippen LogP contribution >= 0.6 is 0 Å². The quantitative estimate of drug-likeness (QED) is 0.740. The van der Waals surface area contributed by atoms with Crippen LogP contribution in [0.5, 0.6) is 0 Å². The van der Waals surface area contributed by atoms with E-state index in [2.05, 4.69) is 50.4 Å². The highest BCUT2D eigenvalue weighted by molar-refractivity contribution is 5.92. The van der Waals surface area contributed by atoms with Gasteiger partial charge in [-0.2, -0.15) is 5.10 Å². The molecule has 0 spiro atoms. The number of amides is 1. The van der Waals surface area contributed by atoms with E-state index in [9.17, 15) is 4.79 Å². The van der Waals surface area contributed by atoms with Crippen LogP contribution in [0.1, 0.15) is 51.1 Å². The number of oxazole rings is 1. The Kier molecular flexibility index (Phi) is 4.67. The minimum absolute atomic E-state index is 0.0717. The van der Waals surface area contributed by atoms with E-state index < -0.39 is 0 Å². The summed E-state index contributed by atoms with van der Waals surface area (Å²) in [4.78, 5) is 21.1. The molecule has 1 unspecified atom stereocenters. The van der Waals surface area contributed by atoms with Crippen LogP contribution in [0.2, 0.25) is 0 Å². The fraction of sp³-hybridized carbons (Fsp3) is 0.409. The molecule has 1 atom stereocenters. The van der Waals surface area contributed by atoms with Gasteiger partial charge in [0.2, 0.25) is 5.76 Å². The normalized spacial score (nSPS) is 19.5. The molecule has 0 saturated carbocycles. The number of likely N-dealkylation sites (tertiary alicyclic amines) is 1. The second kappa shape index (κ2) is 7.48. The first-order chi connectivity index (χ1) is 14.2. The summed E-state index contributed by atoms with van der Waals surface area (Å²) in [6.45, 7) is 6.08. The van der Waals surface area contributed by atoms with Crippen molar-refractivity contribution in [1.82, 2.24) is 25.0 Å². The summed E-state index contributed by atoms with van der Waals surface area (Å²) >= 11 is 0. The van der Waals surface area contributed by atoms with Crippen LogP contribution in [-0.4, -0.2) is 50.5 Å². The number of hydrogen-bond donors (Lipinski definition) is 1. The Morgan fingerprint density at radius 1 is 1.28 bits per heavy atom. The van der Waals surface area contributed by atoms with Crippen molar-refractivity contribution < 1.29 is 9.21 Å². The van der Waals surface area contributed by atoms with E-state index in [1.165, 1.54) is 23.2 Å². The van der Waals surface area contributed by atoms with Gasteiger partial charge in [0.05, 0.1) is 11.4 Å². The van der Waals surface area contributed by atoms with Gasteiger partial charge in [-0.15, -0.1) is 0 Å². The lowest BCUT2D eigenvalue weighted by atomic mass is 9.96. The number of hydrogen-bond acceptors (Lipinski definition) is 5. The first kappa shape index (κ1) is 18.1. The van der Waals surface area contributed by atoms with Crippen molar-refractivity contribution in [2.24, 2.45) is 0 Å². The lowest BCUT2D eigenvalue weighted by Crippen LogP contribution is -2.31. The molecule has 0 aliphatic carbocycles. The van der Waals surface area contributed by atoms with Crippen LogP contribution in [-0.2, 0) is 19.5 Å². The summed E-state index contributed by atoms with van der Waals surface area (Å²) < 4.78 is 5.29. The summed E-state index contributed by atoms with van der Waals surface area (Å²) in [5.74, 6) is 0.542. The van der Waals surface area contributed by atoms with Crippen LogP contribution in [0, 0.1) is 6.92 Å². The molecule has 1 saturated heterocycles. The highest BCUT2D eigenvalue weighted by Crippen LogP contribution is 2.33. The number of nitrogens with one attached hydrogen (secondary N) is 1. The third-order valence-electron chi connectivity index (χ3n) is 6.10. The van der Waals surface area contributed by atoms with Crippen molar-refractivity contribution in [3.05, 3.63) is 70.7 Å². The van der Waals surface area contributed by atoms with Crippen molar-refractivity contribution in [3.8, 4) is 0 Å². The number of nitrogens with zero attached hydrogens (tertiary/aromatic N) is 4. The molecule has 2 aliphatic rings. The van der Waals surface area contributed by atoms with Crippen LogP contribution < -0.4 is 0 Å². The molecule has 1 amide bonds. The molecule has 29 heavy (non-hydrogen) atoms. The lowest BCUT2D eigenvalue weighted by molar-refractivity contribution is 0.0758. The standard InChI is InChI=1S/C22H25N5O2/c1-15-21(29-14-23-15)22(28)27-10-7-17(12-27)20-18-13-26(9-8-19(18)24-25-20)11-16-5-3-2-4-6-16/h2-6,14,17H,7-13H2,1H3,(H,24,25). The van der Waals surface area contributed by atoms with E-state index in [1.807, 2.05) is 4.90 Å². The molecule has 2 aliphatic heterocycles. The number of fused-ring (bicyclic) bond motifs is 1. The molecule has 7 heteroatoms. The summed E-state index contributed by atoms with van der Waals surface area (Å²) in [6, 6.07) is 10.6. The molecule has 3 aromatic rings. The molecule has 0 radical (unpaired) electrons. The van der Waals surface area contributed by atoms with Crippen LogP contribution in [0.4, 0.5) is 0 Å². The maximum absolute atomic E-state index is 12.7. The molecule has 5 rings (SSSR count). The predicted molar refractivity (Wildman–Crippen MR) is 107 cm³/mol. The monoisotopic (exact) mass is 391 g/mol. The van der Waals surface area contributed by atoms with Crippen LogP contribution in [0.3, 0.4) is 0 Å². The zero-order valence-corrected chi connectivity index (χ0v) is 16.6. The number of benzene rings is 1. The third kappa shape index (κ3) is 3.46. The van der Waals surface area contributed by atoms with Gasteiger partial charge in [0, 0.05) is 56.3 Å². The fourth-order valence-electron chi connectivity index (χ4n) is 4.51. The third-order valence-corrected chi connectivity index (χ3v) is 6.10. The Morgan fingerprint density at radius 2 is 2.14 bits per heavy atom. The van der Waals surface area contributed by atoms with E-state index in [0.29, 0.717) is 18.0 Å². The minimum atomic E-state index is -0.0717. The number of aromatic amines is 1. The van der Waals surface area contributed by atoms with E-state index in [1.54, 1.807) is 6.92 Å². The van der Waals surface area contributed by atoms with Crippen molar-refractivity contribution in [1.29, 1.82) is 0 Å². The van der Waals surface area contributed by atoms with Gasteiger partial charge in [0.1, 0.15) is 0 Å². The van der Waals surface area contributed by atoms with Gasteiger partial charge < -0.3 is 9.32 Å². The van der Waals surface area contributed by atoms with E-state index >= 15 is 0 Å². The molecule has 7 nitrogen and oxygen atoms in total. The average Bonchev–Trinajstić information content (AvgIpc) is 3.47. The van der Waals surface area contributed by atoms with Crippen LogP contribution in [0.25, 0.3) is 0 Å². The first-order valence-electron chi connectivity index (χ1n) is 10.2. The van der Waals surface area contributed by atoms with Crippen LogP contribution in [0.15, 0.2) is 41.1 Å². The van der Waals surface area contributed by atoms with Crippen molar-refractivity contribution in [2.45, 2.75) is 38.8 Å². The average molecular weight is 391 g/mol. The molecule has 150 valence electrons. The smallest absolute Gasteiger partial charge is 0.291 e. The number of H-pyrrole nitrogens is 1. The molecule has 0 bridgehead atoms. The number of carbonyl (C=O) groups excluding carboxylic acids is 1. The molecule has 1 N–H and O–H groups in total. The Balaban J connectivity index is 1.29. The molecule has 1 fully saturated rings. The highest BCUT2D eigenvalue weighted by Gasteiger charge is 2.34. The topological polar surface area (TPSA) is 78.3 Å². The Morgan fingerprint density at radius 3 is 2.93 bits per heavy atom. The number of rotatable bonds is 4. The molecular formula is C22H25N5O2. The van der Waals surface area contributed by atoms with Gasteiger partial charge in [-0.3, -0.25) is 14.8 Å². The van der Waals surface area contributed by atoms with Gasteiger partial charge in [-0.05, 0) is 18.9 Å². The number of aryl methyl sites for hydroxylation is 1.